The van der Waals surface area contributed by atoms with Crippen molar-refractivity contribution in [3.05, 3.63) is 42.5 Å². The molecule has 1 amide bonds. The smallest absolute Gasteiger partial charge is 0.340 e. The lowest BCUT2D eigenvalue weighted by Gasteiger charge is -2.25. The number of hydrogen-bond acceptors (Lipinski definition) is 3. The predicted molar refractivity (Wildman–Crippen MR) is 67.1 cm³/mol. The summed E-state index contributed by atoms with van der Waals surface area (Å²) in [7, 11) is 0. The number of carbonyl (C=O) groups is 2. The van der Waals surface area contributed by atoms with Crippen molar-refractivity contribution in [2.75, 3.05) is 5.32 Å². The molecule has 0 saturated carbocycles. The van der Waals surface area contributed by atoms with Crippen LogP contribution < -0.4 is 5.32 Å². The molecule has 0 bridgehead atoms. The van der Waals surface area contributed by atoms with Gasteiger partial charge < -0.3 is 15.5 Å². The Morgan fingerprint density at radius 1 is 1.44 bits per heavy atom. The zero-order valence-electron chi connectivity index (χ0n) is 10.0. The van der Waals surface area contributed by atoms with Crippen LogP contribution in [0.2, 0.25) is 0 Å². The van der Waals surface area contributed by atoms with Crippen LogP contribution in [-0.4, -0.2) is 22.1 Å². The zero-order valence-corrected chi connectivity index (χ0v) is 10.0. The second kappa shape index (κ2) is 5.46. The highest BCUT2D eigenvalue weighted by atomic mass is 16.4. The number of benzene rings is 1. The maximum Gasteiger partial charge on any atom is 0.340 e. The molecule has 0 aromatic heterocycles. The van der Waals surface area contributed by atoms with Gasteiger partial charge in [0.2, 0.25) is 5.91 Å². The second-order valence-corrected chi connectivity index (χ2v) is 3.88. The Balaban J connectivity index is 3.32. The fourth-order valence-corrected chi connectivity index (χ4v) is 1.66. The van der Waals surface area contributed by atoms with Gasteiger partial charge in [-0.1, -0.05) is 24.3 Å². The normalized spacial score (nSPS) is 13.4. The molecule has 0 radical (unpaired) electrons. The van der Waals surface area contributed by atoms with Gasteiger partial charge in [0.15, 0.2) is 5.60 Å². The van der Waals surface area contributed by atoms with Crippen LogP contribution in [0.4, 0.5) is 5.69 Å². The van der Waals surface area contributed by atoms with Crippen LogP contribution in [0.15, 0.2) is 36.9 Å². The molecule has 1 unspecified atom stereocenters. The first-order valence-corrected chi connectivity index (χ1v) is 5.35. The van der Waals surface area contributed by atoms with Crippen molar-refractivity contribution < 1.29 is 19.8 Å². The topological polar surface area (TPSA) is 86.6 Å². The first kappa shape index (κ1) is 13.9. The quantitative estimate of drug-likeness (QED) is 0.690. The van der Waals surface area contributed by atoms with Crippen molar-refractivity contribution in [3.8, 4) is 0 Å². The molecule has 1 aromatic rings. The average Bonchev–Trinajstić information content (AvgIpc) is 2.28. The maximum absolute atomic E-state index is 11.2. The number of aliphatic hydroxyl groups is 1. The number of carboxylic acids is 1. The predicted octanol–water partition coefficient (Wildman–Crippen LogP) is 1.49. The van der Waals surface area contributed by atoms with E-state index in [1.807, 2.05) is 0 Å². The molecule has 1 rings (SSSR count). The van der Waals surface area contributed by atoms with Gasteiger partial charge in [-0.15, -0.1) is 6.58 Å². The number of carboxylic acid groups (broad SMARTS) is 1. The number of rotatable bonds is 5. The van der Waals surface area contributed by atoms with Crippen molar-refractivity contribution in [2.45, 2.75) is 18.9 Å². The number of nitrogens with one attached hydrogen (secondary N) is 1. The summed E-state index contributed by atoms with van der Waals surface area (Å²) in [5, 5.41) is 21.9. The largest absolute Gasteiger partial charge is 0.479 e. The molecule has 5 nitrogen and oxygen atoms in total. The first-order valence-electron chi connectivity index (χ1n) is 5.35. The van der Waals surface area contributed by atoms with Gasteiger partial charge in [-0.25, -0.2) is 4.79 Å². The minimum atomic E-state index is -2.10. The summed E-state index contributed by atoms with van der Waals surface area (Å²) in [4.78, 5) is 22.3. The van der Waals surface area contributed by atoms with Crippen molar-refractivity contribution in [3.63, 3.8) is 0 Å². The Labute approximate surface area is 105 Å². The molecule has 0 spiro atoms. The summed E-state index contributed by atoms with van der Waals surface area (Å²) in [6, 6.07) is 6.24. The molecule has 3 N–H and O–H groups in total. The van der Waals surface area contributed by atoms with E-state index in [4.69, 9.17) is 5.11 Å². The molecular weight excluding hydrogens is 234 g/mol. The number of carbonyl (C=O) groups excluding carboxylic acids is 1. The number of aliphatic carboxylic acids is 1. The fraction of sp³-hybridized carbons (Fsp3) is 0.231. The third kappa shape index (κ3) is 2.75. The van der Waals surface area contributed by atoms with E-state index in [9.17, 15) is 14.7 Å². The standard InChI is InChI=1S/C13H15NO4/c1-3-8-13(18,12(16)17)10-6-4-5-7-11(10)14-9(2)15/h3-7,18H,1,8H2,2H3,(H,14,15)(H,16,17). The Morgan fingerprint density at radius 3 is 2.56 bits per heavy atom. The molecule has 1 aromatic carbocycles. The molecule has 5 heteroatoms. The maximum atomic E-state index is 11.2. The van der Waals surface area contributed by atoms with Crippen molar-refractivity contribution >= 4 is 17.6 Å². The highest BCUT2D eigenvalue weighted by Crippen LogP contribution is 2.31. The summed E-state index contributed by atoms with van der Waals surface area (Å²) in [6.07, 6.45) is 1.16. The highest BCUT2D eigenvalue weighted by molar-refractivity contribution is 5.91. The third-order valence-electron chi connectivity index (χ3n) is 2.48. The van der Waals surface area contributed by atoms with Crippen LogP contribution >= 0.6 is 0 Å². The van der Waals surface area contributed by atoms with E-state index in [1.54, 1.807) is 12.1 Å². The summed E-state index contributed by atoms with van der Waals surface area (Å²) in [5.41, 5.74) is -1.69. The summed E-state index contributed by atoms with van der Waals surface area (Å²) in [5.74, 6) is -1.73. The van der Waals surface area contributed by atoms with E-state index >= 15 is 0 Å². The van der Waals surface area contributed by atoms with Gasteiger partial charge in [0.05, 0.1) is 0 Å². The fourth-order valence-electron chi connectivity index (χ4n) is 1.66. The van der Waals surface area contributed by atoms with Gasteiger partial charge in [-0.05, 0) is 6.07 Å². The van der Waals surface area contributed by atoms with Gasteiger partial charge in [0, 0.05) is 24.6 Å². The highest BCUT2D eigenvalue weighted by Gasteiger charge is 2.38. The lowest BCUT2D eigenvalue weighted by molar-refractivity contribution is -0.159. The van der Waals surface area contributed by atoms with E-state index in [1.165, 1.54) is 25.1 Å². The molecule has 18 heavy (non-hydrogen) atoms. The van der Waals surface area contributed by atoms with Crippen LogP contribution in [0.25, 0.3) is 0 Å². The first-order chi connectivity index (χ1) is 8.41. The van der Waals surface area contributed by atoms with E-state index < -0.39 is 11.6 Å². The minimum absolute atomic E-state index is 0.132. The number of hydrogen-bond donors (Lipinski definition) is 3. The molecule has 0 saturated heterocycles. The van der Waals surface area contributed by atoms with E-state index in [2.05, 4.69) is 11.9 Å². The van der Waals surface area contributed by atoms with E-state index in [0.717, 1.165) is 0 Å². The monoisotopic (exact) mass is 249 g/mol. The lowest BCUT2D eigenvalue weighted by Crippen LogP contribution is -2.36. The van der Waals surface area contributed by atoms with Gasteiger partial charge in [0.25, 0.3) is 0 Å². The number of anilines is 1. The molecule has 96 valence electrons. The molecule has 0 aliphatic heterocycles. The van der Waals surface area contributed by atoms with Gasteiger partial charge in [-0.2, -0.15) is 0 Å². The molecule has 1 atom stereocenters. The van der Waals surface area contributed by atoms with Gasteiger partial charge in [0.1, 0.15) is 0 Å². The van der Waals surface area contributed by atoms with Crippen LogP contribution in [0.3, 0.4) is 0 Å². The Morgan fingerprint density at radius 2 is 2.06 bits per heavy atom. The van der Waals surface area contributed by atoms with Crippen molar-refractivity contribution in [1.29, 1.82) is 0 Å². The number of para-hydroxylation sites is 1. The Kier molecular flexibility index (Phi) is 4.23. The molecular formula is C13H15NO4. The van der Waals surface area contributed by atoms with Crippen LogP contribution in [-0.2, 0) is 15.2 Å². The van der Waals surface area contributed by atoms with Crippen LogP contribution in [0.5, 0.6) is 0 Å². The Bertz CT molecular complexity index is 484. The van der Waals surface area contributed by atoms with Crippen LogP contribution in [0, 0.1) is 0 Å². The third-order valence-corrected chi connectivity index (χ3v) is 2.48. The number of amides is 1. The van der Waals surface area contributed by atoms with Gasteiger partial charge in [-0.3, -0.25) is 4.79 Å². The molecule has 0 heterocycles. The minimum Gasteiger partial charge on any atom is -0.479 e. The second-order valence-electron chi connectivity index (χ2n) is 3.88. The van der Waals surface area contributed by atoms with Crippen LogP contribution in [0.1, 0.15) is 18.9 Å². The average molecular weight is 249 g/mol. The molecule has 0 aliphatic rings. The zero-order chi connectivity index (χ0) is 13.8. The van der Waals surface area contributed by atoms with Gasteiger partial charge >= 0.3 is 5.97 Å². The molecule has 0 fully saturated rings. The van der Waals surface area contributed by atoms with E-state index in [0.29, 0.717) is 0 Å². The summed E-state index contributed by atoms with van der Waals surface area (Å²) in [6.45, 7) is 4.74. The molecule has 0 aliphatic carbocycles. The Hall–Kier alpha value is -2.14. The SMILES string of the molecule is C=CCC(O)(C(=O)O)c1ccccc1NC(C)=O. The van der Waals surface area contributed by atoms with E-state index in [-0.39, 0.29) is 23.6 Å². The summed E-state index contributed by atoms with van der Waals surface area (Å²) >= 11 is 0. The van der Waals surface area contributed by atoms with Crippen molar-refractivity contribution in [2.24, 2.45) is 0 Å². The lowest BCUT2D eigenvalue weighted by atomic mass is 9.89. The summed E-state index contributed by atoms with van der Waals surface area (Å²) < 4.78 is 0. The van der Waals surface area contributed by atoms with Crippen molar-refractivity contribution in [1.82, 2.24) is 0 Å².